The molecular formula is C15H14N2. The highest BCUT2D eigenvalue weighted by atomic mass is 15.1. The van der Waals surface area contributed by atoms with Gasteiger partial charge in [0, 0.05) is 0 Å². The Hall–Kier alpha value is -2.27. The summed E-state index contributed by atoms with van der Waals surface area (Å²) in [5.74, 6) is 0. The molecule has 17 heavy (non-hydrogen) atoms. The third-order valence-electron chi connectivity index (χ3n) is 2.81. The summed E-state index contributed by atoms with van der Waals surface area (Å²) in [5.41, 5.74) is 4.06. The van der Waals surface area contributed by atoms with E-state index < -0.39 is 0 Å². The lowest BCUT2D eigenvalue weighted by molar-refractivity contribution is 1.22. The second-order valence-electron chi connectivity index (χ2n) is 4.01. The summed E-state index contributed by atoms with van der Waals surface area (Å²) in [6.45, 7) is 4.02. The molecule has 0 spiro atoms. The van der Waals surface area contributed by atoms with Crippen molar-refractivity contribution in [3.8, 4) is 6.19 Å². The molecule has 0 saturated heterocycles. The molecule has 0 saturated carbocycles. The Kier molecular flexibility index (Phi) is 3.11. The molecule has 2 nitrogen and oxygen atoms in total. The smallest absolute Gasteiger partial charge is 0.189 e. The lowest BCUT2D eigenvalue weighted by Crippen LogP contribution is -2.11. The molecule has 0 fully saturated rings. The summed E-state index contributed by atoms with van der Waals surface area (Å²) in [4.78, 5) is 1.67. The van der Waals surface area contributed by atoms with Crippen LogP contribution >= 0.6 is 0 Å². The average molecular weight is 222 g/mol. The molecular weight excluding hydrogens is 208 g/mol. The van der Waals surface area contributed by atoms with Gasteiger partial charge in [-0.3, -0.25) is 0 Å². The number of hydrogen-bond donors (Lipinski definition) is 0. The Morgan fingerprint density at radius 1 is 0.824 bits per heavy atom. The van der Waals surface area contributed by atoms with E-state index in [9.17, 15) is 5.26 Å². The van der Waals surface area contributed by atoms with Crippen LogP contribution in [0.3, 0.4) is 0 Å². The van der Waals surface area contributed by atoms with E-state index in [1.54, 1.807) is 4.90 Å². The molecule has 0 aliphatic rings. The Labute approximate surface area is 102 Å². The summed E-state index contributed by atoms with van der Waals surface area (Å²) in [7, 11) is 0. The highest BCUT2D eigenvalue weighted by Crippen LogP contribution is 2.29. The number of aryl methyl sites for hydroxylation is 2. The Morgan fingerprint density at radius 2 is 1.24 bits per heavy atom. The van der Waals surface area contributed by atoms with Crippen molar-refractivity contribution in [3.05, 3.63) is 59.7 Å². The van der Waals surface area contributed by atoms with Crippen LogP contribution in [0, 0.1) is 25.3 Å². The maximum Gasteiger partial charge on any atom is 0.189 e. The summed E-state index contributed by atoms with van der Waals surface area (Å²) < 4.78 is 0. The highest BCUT2D eigenvalue weighted by Gasteiger charge is 2.11. The number of anilines is 2. The van der Waals surface area contributed by atoms with E-state index in [-0.39, 0.29) is 0 Å². The molecule has 0 bridgehead atoms. The molecule has 2 heteroatoms. The quantitative estimate of drug-likeness (QED) is 0.568. The fourth-order valence-corrected chi connectivity index (χ4v) is 1.87. The van der Waals surface area contributed by atoms with Gasteiger partial charge in [0.1, 0.15) is 0 Å². The van der Waals surface area contributed by atoms with Crippen molar-refractivity contribution in [2.45, 2.75) is 13.8 Å². The fourth-order valence-electron chi connectivity index (χ4n) is 1.87. The highest BCUT2D eigenvalue weighted by molar-refractivity contribution is 5.71. The molecule has 0 amide bonds. The van der Waals surface area contributed by atoms with E-state index in [1.807, 2.05) is 62.4 Å². The van der Waals surface area contributed by atoms with Crippen LogP contribution < -0.4 is 4.90 Å². The van der Waals surface area contributed by atoms with E-state index in [0.29, 0.717) is 0 Å². The number of nitrogens with zero attached hydrogens (tertiary/aromatic N) is 2. The van der Waals surface area contributed by atoms with Crippen LogP contribution in [0.4, 0.5) is 11.4 Å². The van der Waals surface area contributed by atoms with Crippen molar-refractivity contribution >= 4 is 11.4 Å². The van der Waals surface area contributed by atoms with Crippen molar-refractivity contribution in [3.63, 3.8) is 0 Å². The van der Waals surface area contributed by atoms with Crippen molar-refractivity contribution in [1.82, 2.24) is 0 Å². The number of hydrogen-bond acceptors (Lipinski definition) is 2. The van der Waals surface area contributed by atoms with Gasteiger partial charge < -0.3 is 0 Å². The minimum absolute atomic E-state index is 0.935. The van der Waals surface area contributed by atoms with Crippen LogP contribution in [0.2, 0.25) is 0 Å². The minimum atomic E-state index is 0.935. The molecule has 0 N–H and O–H groups in total. The molecule has 0 aromatic heterocycles. The van der Waals surface area contributed by atoms with Gasteiger partial charge in [-0.25, -0.2) is 4.90 Å². The summed E-state index contributed by atoms with van der Waals surface area (Å²) in [6.07, 6.45) is 2.25. The van der Waals surface area contributed by atoms with Crippen LogP contribution in [-0.4, -0.2) is 0 Å². The zero-order valence-corrected chi connectivity index (χ0v) is 10.0. The van der Waals surface area contributed by atoms with Gasteiger partial charge in [-0.1, -0.05) is 36.4 Å². The summed E-state index contributed by atoms with van der Waals surface area (Å²) in [5, 5.41) is 9.36. The maximum atomic E-state index is 9.36. The zero-order valence-electron chi connectivity index (χ0n) is 10.0. The maximum absolute atomic E-state index is 9.36. The van der Waals surface area contributed by atoms with Crippen molar-refractivity contribution in [2.24, 2.45) is 0 Å². The molecule has 2 aromatic rings. The molecule has 2 rings (SSSR count). The Bertz CT molecular complexity index is 522. The first-order chi connectivity index (χ1) is 8.24. The van der Waals surface area contributed by atoms with Gasteiger partial charge in [0.25, 0.3) is 0 Å². The molecule has 2 aromatic carbocycles. The minimum Gasteiger partial charge on any atom is -0.247 e. The predicted octanol–water partition coefficient (Wildman–Crippen LogP) is 3.92. The van der Waals surface area contributed by atoms with Crippen molar-refractivity contribution < 1.29 is 0 Å². The van der Waals surface area contributed by atoms with E-state index >= 15 is 0 Å². The normalized spacial score (nSPS) is 9.71. The van der Waals surface area contributed by atoms with Gasteiger partial charge in [0.15, 0.2) is 6.19 Å². The molecule has 0 atom stereocenters. The molecule has 84 valence electrons. The lowest BCUT2D eigenvalue weighted by Gasteiger charge is -2.19. The summed E-state index contributed by atoms with van der Waals surface area (Å²) in [6, 6.07) is 15.8. The summed E-state index contributed by atoms with van der Waals surface area (Å²) >= 11 is 0. The standard InChI is InChI=1S/C15H14N2/c1-12-7-3-5-9-14(12)17(11-16)15-10-6-4-8-13(15)2/h3-10H,1-2H3. The number of benzene rings is 2. The van der Waals surface area contributed by atoms with Crippen LogP contribution in [0.1, 0.15) is 11.1 Å². The number of para-hydroxylation sites is 2. The topological polar surface area (TPSA) is 27.0 Å². The van der Waals surface area contributed by atoms with E-state index in [0.717, 1.165) is 22.5 Å². The monoisotopic (exact) mass is 222 g/mol. The molecule has 0 aliphatic carbocycles. The first-order valence-electron chi connectivity index (χ1n) is 5.55. The molecule has 0 aliphatic heterocycles. The van der Waals surface area contributed by atoms with Gasteiger partial charge >= 0.3 is 0 Å². The molecule has 0 radical (unpaired) electrons. The van der Waals surface area contributed by atoms with Crippen molar-refractivity contribution in [1.29, 1.82) is 5.26 Å². The first-order valence-corrected chi connectivity index (χ1v) is 5.55. The Balaban J connectivity index is 2.53. The van der Waals surface area contributed by atoms with Crippen LogP contribution in [0.5, 0.6) is 0 Å². The average Bonchev–Trinajstić information content (AvgIpc) is 2.34. The lowest BCUT2D eigenvalue weighted by atomic mass is 10.1. The van der Waals surface area contributed by atoms with Gasteiger partial charge in [0.05, 0.1) is 11.4 Å². The third kappa shape index (κ3) is 2.14. The number of nitriles is 1. The molecule has 0 heterocycles. The largest absolute Gasteiger partial charge is 0.247 e. The first kappa shape index (κ1) is 11.2. The van der Waals surface area contributed by atoms with Gasteiger partial charge in [-0.2, -0.15) is 5.26 Å². The third-order valence-corrected chi connectivity index (χ3v) is 2.81. The van der Waals surface area contributed by atoms with Crippen LogP contribution in [0.15, 0.2) is 48.5 Å². The van der Waals surface area contributed by atoms with Crippen LogP contribution in [0.25, 0.3) is 0 Å². The van der Waals surface area contributed by atoms with E-state index in [2.05, 4.69) is 6.19 Å². The van der Waals surface area contributed by atoms with Crippen LogP contribution in [-0.2, 0) is 0 Å². The van der Waals surface area contributed by atoms with Crippen molar-refractivity contribution in [2.75, 3.05) is 4.90 Å². The SMILES string of the molecule is Cc1ccccc1N(C#N)c1ccccc1C. The second kappa shape index (κ2) is 4.71. The Morgan fingerprint density at radius 3 is 1.59 bits per heavy atom. The van der Waals surface area contributed by atoms with Gasteiger partial charge in [-0.05, 0) is 37.1 Å². The second-order valence-corrected chi connectivity index (χ2v) is 4.01. The van der Waals surface area contributed by atoms with E-state index in [4.69, 9.17) is 0 Å². The number of rotatable bonds is 2. The predicted molar refractivity (Wildman–Crippen MR) is 70.1 cm³/mol. The fraction of sp³-hybridized carbons (Fsp3) is 0.133. The van der Waals surface area contributed by atoms with Gasteiger partial charge in [0.2, 0.25) is 0 Å². The zero-order chi connectivity index (χ0) is 12.3. The van der Waals surface area contributed by atoms with Gasteiger partial charge in [-0.15, -0.1) is 0 Å². The van der Waals surface area contributed by atoms with E-state index in [1.165, 1.54) is 0 Å². The molecule has 0 unspecified atom stereocenters.